The Morgan fingerprint density at radius 3 is 2.09 bits per heavy atom. The van der Waals surface area contributed by atoms with Gasteiger partial charge in [-0.05, 0) is 18.6 Å². The smallest absolute Gasteiger partial charge is 0.227 e. The van der Waals surface area contributed by atoms with Gasteiger partial charge in [0.05, 0.1) is 70.8 Å². The lowest BCUT2D eigenvalue weighted by molar-refractivity contribution is -0.125. The van der Waals surface area contributed by atoms with E-state index in [1.54, 1.807) is 4.90 Å². The van der Waals surface area contributed by atoms with Crippen LogP contribution in [0.25, 0.3) is 22.5 Å². The Balaban J connectivity index is 1.12. The Kier molecular flexibility index (Phi) is 14.5. The van der Waals surface area contributed by atoms with Crippen molar-refractivity contribution in [3.63, 3.8) is 0 Å². The molecule has 2 aromatic carbocycles. The van der Waals surface area contributed by atoms with E-state index >= 15 is 0 Å². The highest BCUT2D eigenvalue weighted by atomic mass is 16.6. The summed E-state index contributed by atoms with van der Waals surface area (Å²) in [5, 5.41) is 11.7. The van der Waals surface area contributed by atoms with Gasteiger partial charge in [0, 0.05) is 49.4 Å². The summed E-state index contributed by atoms with van der Waals surface area (Å²) in [7, 11) is 0. The van der Waals surface area contributed by atoms with Gasteiger partial charge >= 0.3 is 0 Å². The predicted octanol–water partition coefficient (Wildman–Crippen LogP) is 4.06. The van der Waals surface area contributed by atoms with Crippen molar-refractivity contribution < 1.29 is 33.3 Å². The van der Waals surface area contributed by atoms with Crippen LogP contribution in [0.15, 0.2) is 48.5 Å². The number of aryl methyl sites for hydroxylation is 1. The number of nitrogens with zero attached hydrogens (tertiary/aromatic N) is 4. The van der Waals surface area contributed by atoms with Crippen LogP contribution in [-0.4, -0.2) is 92.0 Å². The molecule has 0 radical (unpaired) electrons. The first kappa shape index (κ1) is 35.9. The van der Waals surface area contributed by atoms with E-state index in [4.69, 9.17) is 18.9 Å². The number of para-hydroxylation sites is 1. The monoisotopic (exact) mass is 649 g/mol. The molecule has 2 amide bonds. The minimum atomic E-state index is -0.209. The second-order valence-electron chi connectivity index (χ2n) is 11.4. The molecule has 12 heteroatoms. The molecule has 0 bridgehead atoms. The number of ether oxygens (including phenoxy) is 4. The zero-order valence-corrected chi connectivity index (χ0v) is 27.7. The molecule has 0 spiro atoms. The Morgan fingerprint density at radius 1 is 0.787 bits per heavy atom. The van der Waals surface area contributed by atoms with Gasteiger partial charge in [-0.15, -0.1) is 5.10 Å². The first-order chi connectivity index (χ1) is 22.9. The van der Waals surface area contributed by atoms with E-state index in [1.165, 1.54) is 0 Å². The predicted molar refractivity (Wildman–Crippen MR) is 178 cm³/mol. The third kappa shape index (κ3) is 10.5. The molecular weight excluding hydrogens is 602 g/mol. The Bertz CT molecular complexity index is 1460. The summed E-state index contributed by atoms with van der Waals surface area (Å²) >= 11 is 0. The number of hydrogen-bond donors (Lipinski definition) is 1. The number of carbonyl (C=O) groups excluding carboxylic acids is 3. The lowest BCUT2D eigenvalue weighted by atomic mass is 9.95. The SMILES string of the molecule is CCn1nnc2c1-c1ccccc1CN(C(=O)CCC(=O)NCCOCCOCCOCCOCCC(=O)C(C)C)c1ccccc1-2. The molecule has 2 heterocycles. The lowest BCUT2D eigenvalue weighted by Crippen LogP contribution is -2.34. The molecule has 3 aromatic rings. The second kappa shape index (κ2) is 19.0. The molecular formula is C35H47N5O7. The van der Waals surface area contributed by atoms with Crippen molar-refractivity contribution in [3.8, 4) is 22.5 Å². The molecule has 47 heavy (non-hydrogen) atoms. The summed E-state index contributed by atoms with van der Waals surface area (Å²) in [6.07, 6.45) is 0.569. The largest absolute Gasteiger partial charge is 0.379 e. The fourth-order valence-corrected chi connectivity index (χ4v) is 5.19. The van der Waals surface area contributed by atoms with Crippen molar-refractivity contribution in [2.75, 3.05) is 64.3 Å². The number of nitrogens with one attached hydrogen (secondary N) is 1. The zero-order valence-electron chi connectivity index (χ0n) is 27.7. The van der Waals surface area contributed by atoms with Crippen LogP contribution >= 0.6 is 0 Å². The number of benzene rings is 2. The first-order valence-corrected chi connectivity index (χ1v) is 16.4. The summed E-state index contributed by atoms with van der Waals surface area (Å²) in [6, 6.07) is 15.7. The lowest BCUT2D eigenvalue weighted by Gasteiger charge is -2.28. The average molecular weight is 650 g/mol. The van der Waals surface area contributed by atoms with Crippen LogP contribution in [0.3, 0.4) is 0 Å². The third-order valence-electron chi connectivity index (χ3n) is 7.77. The maximum atomic E-state index is 13.6. The van der Waals surface area contributed by atoms with Gasteiger partial charge in [-0.25, -0.2) is 4.68 Å². The highest BCUT2D eigenvalue weighted by molar-refractivity contribution is 6.01. The van der Waals surface area contributed by atoms with Gasteiger partial charge in [-0.3, -0.25) is 14.4 Å². The Hall–Kier alpha value is -3.97. The van der Waals surface area contributed by atoms with Crippen molar-refractivity contribution in [2.24, 2.45) is 5.92 Å². The summed E-state index contributed by atoms with van der Waals surface area (Å²) in [4.78, 5) is 39.4. The van der Waals surface area contributed by atoms with E-state index in [2.05, 4.69) is 15.6 Å². The molecule has 1 aliphatic rings. The van der Waals surface area contributed by atoms with E-state index in [0.717, 1.165) is 33.8 Å². The van der Waals surface area contributed by atoms with Gasteiger partial charge < -0.3 is 29.2 Å². The normalized spacial score (nSPS) is 12.2. The third-order valence-corrected chi connectivity index (χ3v) is 7.77. The Labute approximate surface area is 276 Å². The number of rotatable bonds is 20. The molecule has 0 aliphatic carbocycles. The van der Waals surface area contributed by atoms with E-state index < -0.39 is 0 Å². The fraction of sp³-hybridized carbons (Fsp3) is 0.514. The number of aromatic nitrogens is 3. The van der Waals surface area contributed by atoms with Gasteiger partial charge in [-0.2, -0.15) is 0 Å². The first-order valence-electron chi connectivity index (χ1n) is 16.4. The molecule has 1 aliphatic heterocycles. The number of hydrogen-bond acceptors (Lipinski definition) is 9. The summed E-state index contributed by atoms with van der Waals surface area (Å²) in [5.74, 6) is -0.110. The van der Waals surface area contributed by atoms with Gasteiger partial charge in [0.2, 0.25) is 11.8 Å². The molecule has 4 rings (SSSR count). The number of Topliss-reactive ketones (excluding diaryl/α,β-unsaturated/α-hetero) is 1. The van der Waals surface area contributed by atoms with Crippen LogP contribution in [0.2, 0.25) is 0 Å². The van der Waals surface area contributed by atoms with Crippen LogP contribution in [0, 0.1) is 5.92 Å². The molecule has 0 saturated carbocycles. The number of amides is 2. The molecule has 0 fully saturated rings. The zero-order chi connectivity index (χ0) is 33.4. The van der Waals surface area contributed by atoms with Gasteiger partial charge in [0.25, 0.3) is 0 Å². The van der Waals surface area contributed by atoms with E-state index in [9.17, 15) is 14.4 Å². The molecule has 1 aromatic heterocycles. The van der Waals surface area contributed by atoms with Crippen LogP contribution in [0.5, 0.6) is 0 Å². The number of anilines is 1. The van der Waals surface area contributed by atoms with E-state index in [1.807, 2.05) is 74.0 Å². The van der Waals surface area contributed by atoms with Gasteiger partial charge in [0.1, 0.15) is 11.5 Å². The molecule has 0 saturated heterocycles. The minimum Gasteiger partial charge on any atom is -0.379 e. The molecule has 12 nitrogen and oxygen atoms in total. The fourth-order valence-electron chi connectivity index (χ4n) is 5.19. The van der Waals surface area contributed by atoms with Crippen molar-refractivity contribution in [2.45, 2.75) is 53.1 Å². The molecule has 1 N–H and O–H groups in total. The minimum absolute atomic E-state index is 0.0393. The maximum Gasteiger partial charge on any atom is 0.227 e. The summed E-state index contributed by atoms with van der Waals surface area (Å²) < 4.78 is 23.8. The van der Waals surface area contributed by atoms with Crippen molar-refractivity contribution in [1.82, 2.24) is 20.3 Å². The van der Waals surface area contributed by atoms with E-state index in [0.29, 0.717) is 78.9 Å². The highest BCUT2D eigenvalue weighted by Crippen LogP contribution is 2.41. The highest BCUT2D eigenvalue weighted by Gasteiger charge is 2.28. The van der Waals surface area contributed by atoms with E-state index in [-0.39, 0.29) is 36.4 Å². The molecule has 0 unspecified atom stereocenters. The van der Waals surface area contributed by atoms with Crippen molar-refractivity contribution in [1.29, 1.82) is 0 Å². The molecule has 0 atom stereocenters. The van der Waals surface area contributed by atoms with Gasteiger partial charge in [0.15, 0.2) is 0 Å². The topological polar surface area (TPSA) is 134 Å². The maximum absolute atomic E-state index is 13.6. The van der Waals surface area contributed by atoms with Crippen LogP contribution < -0.4 is 10.2 Å². The van der Waals surface area contributed by atoms with Crippen LogP contribution in [0.1, 0.15) is 45.6 Å². The quantitative estimate of drug-likeness (QED) is 0.180. The van der Waals surface area contributed by atoms with Crippen molar-refractivity contribution in [3.05, 3.63) is 54.1 Å². The standard InChI is InChI=1S/C35H47N5O7/c1-4-40-35-28-10-6-5-9-27(28)25-39(30-12-8-7-11-29(30)34(35)37-38-40)33(43)14-13-32(42)36-16-18-45-20-22-47-24-23-46-21-19-44-17-15-31(41)26(2)3/h5-12,26H,4,13-25H2,1-3H3,(H,36,42). The second-order valence-corrected chi connectivity index (χ2v) is 11.4. The number of carbonyl (C=O) groups is 3. The van der Waals surface area contributed by atoms with Crippen molar-refractivity contribution >= 4 is 23.3 Å². The number of fused-ring (bicyclic) bond motifs is 5. The summed E-state index contributed by atoms with van der Waals surface area (Å²) in [6.45, 7) is 10.5. The average Bonchev–Trinajstić information content (AvgIpc) is 3.50. The Morgan fingerprint density at radius 2 is 1.40 bits per heavy atom. The van der Waals surface area contributed by atoms with Crippen LogP contribution in [0.4, 0.5) is 5.69 Å². The van der Waals surface area contributed by atoms with Gasteiger partial charge in [-0.1, -0.05) is 61.5 Å². The van der Waals surface area contributed by atoms with Crippen LogP contribution in [-0.2, 0) is 46.4 Å². The number of ketones is 1. The summed E-state index contributed by atoms with van der Waals surface area (Å²) in [5.41, 5.74) is 5.24. The molecule has 254 valence electrons.